The Morgan fingerprint density at radius 1 is 0.957 bits per heavy atom. The zero-order chi connectivity index (χ0) is 16.2. The molecule has 0 spiro atoms. The van der Waals surface area contributed by atoms with Gasteiger partial charge in [-0.1, -0.05) is 12.1 Å². The lowest BCUT2D eigenvalue weighted by molar-refractivity contribution is -0.118. The quantitative estimate of drug-likeness (QED) is 0.588. The van der Waals surface area contributed by atoms with Gasteiger partial charge in [0.1, 0.15) is 23.8 Å². The number of rotatable bonds is 4. The van der Waals surface area contributed by atoms with Crippen molar-refractivity contribution in [3.63, 3.8) is 0 Å². The highest BCUT2D eigenvalue weighted by Gasteiger charge is 2.32. The smallest absolute Gasteiger partial charge is 0.246 e. The second-order valence-corrected chi connectivity index (χ2v) is 5.02. The largest absolute Gasteiger partial charge is 0.367 e. The number of halogens is 2. The second-order valence-electron chi connectivity index (χ2n) is 5.02. The Labute approximate surface area is 131 Å². The van der Waals surface area contributed by atoms with Crippen LogP contribution in [-0.2, 0) is 4.79 Å². The van der Waals surface area contributed by atoms with E-state index in [1.165, 1.54) is 30.3 Å². The number of carbonyl (C=O) groups excluding carboxylic acids is 1. The van der Waals surface area contributed by atoms with E-state index in [1.807, 2.05) is 0 Å². The van der Waals surface area contributed by atoms with Crippen LogP contribution in [-0.4, -0.2) is 18.1 Å². The Hall–Kier alpha value is -2.55. The van der Waals surface area contributed by atoms with Gasteiger partial charge in [0.2, 0.25) is 5.91 Å². The summed E-state index contributed by atoms with van der Waals surface area (Å²) in [7, 11) is 0. The van der Waals surface area contributed by atoms with Crippen LogP contribution in [0.4, 0.5) is 20.2 Å². The van der Waals surface area contributed by atoms with Crippen molar-refractivity contribution in [3.8, 4) is 0 Å². The number of amides is 1. The Bertz CT molecular complexity index is 712. The highest BCUT2D eigenvalue weighted by molar-refractivity contribution is 5.95. The lowest BCUT2D eigenvalue weighted by Gasteiger charge is -2.20. The van der Waals surface area contributed by atoms with E-state index in [-0.39, 0.29) is 11.7 Å². The second kappa shape index (κ2) is 6.69. The van der Waals surface area contributed by atoms with Crippen molar-refractivity contribution >= 4 is 17.3 Å². The highest BCUT2D eigenvalue weighted by Crippen LogP contribution is 2.14. The lowest BCUT2D eigenvalue weighted by Crippen LogP contribution is -2.47. The number of carbonyl (C=O) groups is 1. The fourth-order valence-electron chi connectivity index (χ4n) is 2.24. The first-order valence-electron chi connectivity index (χ1n) is 6.96. The van der Waals surface area contributed by atoms with Gasteiger partial charge in [0, 0.05) is 11.4 Å². The minimum atomic E-state index is -0.693. The van der Waals surface area contributed by atoms with E-state index in [9.17, 15) is 13.6 Å². The van der Waals surface area contributed by atoms with Crippen LogP contribution < -0.4 is 27.0 Å². The number of hydrazine groups is 2. The summed E-state index contributed by atoms with van der Waals surface area (Å²) in [5, 5.41) is 5.62. The van der Waals surface area contributed by atoms with Crippen molar-refractivity contribution < 1.29 is 13.6 Å². The van der Waals surface area contributed by atoms with Crippen molar-refractivity contribution in [2.75, 3.05) is 10.6 Å². The van der Waals surface area contributed by atoms with Gasteiger partial charge in [0.05, 0.1) is 0 Å². The van der Waals surface area contributed by atoms with Crippen LogP contribution in [0.15, 0.2) is 48.5 Å². The average Bonchev–Trinajstić information content (AvgIpc) is 2.95. The molecule has 6 nitrogen and oxygen atoms in total. The van der Waals surface area contributed by atoms with Crippen molar-refractivity contribution in [2.45, 2.75) is 12.2 Å². The first kappa shape index (κ1) is 15.3. The summed E-state index contributed by atoms with van der Waals surface area (Å²) in [6, 6.07) is 10.8. The van der Waals surface area contributed by atoms with Crippen molar-refractivity contribution in [1.29, 1.82) is 0 Å². The standard InChI is InChI=1S/C15H15F2N5O/c16-9-3-1-5-11(7-9)18-14-13(20-22-21-14)15(23)19-12-6-2-4-10(17)8-12/h1-8,13-14,18,20-22H,(H,19,23). The molecule has 0 radical (unpaired) electrons. The third-order valence-electron chi connectivity index (χ3n) is 3.31. The van der Waals surface area contributed by atoms with Crippen LogP contribution in [0.5, 0.6) is 0 Å². The van der Waals surface area contributed by atoms with Gasteiger partial charge in [-0.15, -0.1) is 0 Å². The van der Waals surface area contributed by atoms with E-state index in [4.69, 9.17) is 0 Å². The van der Waals surface area contributed by atoms with Gasteiger partial charge in [-0.05, 0) is 36.4 Å². The van der Waals surface area contributed by atoms with Gasteiger partial charge in [0.15, 0.2) is 0 Å². The molecule has 1 amide bonds. The maximum absolute atomic E-state index is 13.2. The zero-order valence-corrected chi connectivity index (χ0v) is 11.9. The summed E-state index contributed by atoms with van der Waals surface area (Å²) < 4.78 is 26.4. The van der Waals surface area contributed by atoms with Crippen LogP contribution in [0.25, 0.3) is 0 Å². The third kappa shape index (κ3) is 3.81. The molecular formula is C15H15F2N5O. The molecular weight excluding hydrogens is 304 g/mol. The molecule has 1 saturated heterocycles. The molecule has 2 aromatic rings. The number of hydrogen-bond donors (Lipinski definition) is 5. The van der Waals surface area contributed by atoms with Crippen LogP contribution in [0.3, 0.4) is 0 Å². The number of hydrogen-bond acceptors (Lipinski definition) is 5. The molecule has 8 heteroatoms. The van der Waals surface area contributed by atoms with Crippen molar-refractivity contribution in [3.05, 3.63) is 60.2 Å². The summed E-state index contributed by atoms with van der Waals surface area (Å²) in [6.45, 7) is 0. The normalized spacial score (nSPS) is 20.3. The van der Waals surface area contributed by atoms with Crippen LogP contribution in [0, 0.1) is 11.6 Å². The molecule has 1 heterocycles. The van der Waals surface area contributed by atoms with Crippen molar-refractivity contribution in [2.24, 2.45) is 0 Å². The Kier molecular flexibility index (Phi) is 4.47. The molecule has 1 fully saturated rings. The van der Waals surface area contributed by atoms with Crippen LogP contribution in [0.2, 0.25) is 0 Å². The SMILES string of the molecule is O=C(Nc1cccc(F)c1)C1NNNC1Nc1cccc(F)c1. The van der Waals surface area contributed by atoms with E-state index in [0.29, 0.717) is 11.4 Å². The molecule has 3 rings (SSSR count). The average molecular weight is 319 g/mol. The molecule has 1 aliphatic heterocycles. The van der Waals surface area contributed by atoms with Gasteiger partial charge in [0.25, 0.3) is 0 Å². The lowest BCUT2D eigenvalue weighted by atomic mass is 10.2. The minimum absolute atomic E-state index is 0.355. The molecule has 120 valence electrons. The van der Waals surface area contributed by atoms with Gasteiger partial charge >= 0.3 is 0 Å². The maximum atomic E-state index is 13.2. The highest BCUT2D eigenvalue weighted by atomic mass is 19.1. The monoisotopic (exact) mass is 319 g/mol. The van der Waals surface area contributed by atoms with Gasteiger partial charge in [-0.2, -0.15) is 5.53 Å². The molecule has 0 bridgehead atoms. The molecule has 2 unspecified atom stereocenters. The zero-order valence-electron chi connectivity index (χ0n) is 11.9. The first-order valence-corrected chi connectivity index (χ1v) is 6.96. The number of benzene rings is 2. The van der Waals surface area contributed by atoms with E-state index in [2.05, 4.69) is 27.0 Å². The molecule has 0 saturated carbocycles. The predicted molar refractivity (Wildman–Crippen MR) is 82.0 cm³/mol. The topological polar surface area (TPSA) is 77.2 Å². The molecule has 5 N–H and O–H groups in total. The molecule has 2 aromatic carbocycles. The van der Waals surface area contributed by atoms with E-state index >= 15 is 0 Å². The number of nitrogens with one attached hydrogen (secondary N) is 5. The Morgan fingerprint density at radius 3 is 2.30 bits per heavy atom. The molecule has 1 aliphatic rings. The van der Waals surface area contributed by atoms with Gasteiger partial charge in [-0.3, -0.25) is 4.79 Å². The van der Waals surface area contributed by atoms with E-state index in [0.717, 1.165) is 0 Å². The van der Waals surface area contributed by atoms with E-state index in [1.54, 1.807) is 18.2 Å². The molecule has 0 aliphatic carbocycles. The third-order valence-corrected chi connectivity index (χ3v) is 3.31. The summed E-state index contributed by atoms with van der Waals surface area (Å²) in [5.41, 5.74) is 9.10. The van der Waals surface area contributed by atoms with Crippen molar-refractivity contribution in [1.82, 2.24) is 16.4 Å². The minimum Gasteiger partial charge on any atom is -0.367 e. The maximum Gasteiger partial charge on any atom is 0.246 e. The van der Waals surface area contributed by atoms with E-state index < -0.39 is 18.0 Å². The molecule has 23 heavy (non-hydrogen) atoms. The summed E-state index contributed by atoms with van der Waals surface area (Å²) in [6.07, 6.45) is -0.523. The first-order chi connectivity index (χ1) is 11.1. The van der Waals surface area contributed by atoms with Crippen LogP contribution >= 0.6 is 0 Å². The molecule has 0 aromatic heterocycles. The summed E-state index contributed by atoms with van der Waals surface area (Å²) in [4.78, 5) is 12.3. The molecule has 2 atom stereocenters. The predicted octanol–water partition coefficient (Wildman–Crippen LogP) is 1.32. The number of anilines is 2. The van der Waals surface area contributed by atoms with Gasteiger partial charge < -0.3 is 10.6 Å². The fourth-order valence-corrected chi connectivity index (χ4v) is 2.24. The van der Waals surface area contributed by atoms with Crippen LogP contribution in [0.1, 0.15) is 0 Å². The van der Waals surface area contributed by atoms with Gasteiger partial charge in [-0.25, -0.2) is 19.6 Å². The Morgan fingerprint density at radius 2 is 1.61 bits per heavy atom. The Balaban J connectivity index is 1.67. The fraction of sp³-hybridized carbons (Fsp3) is 0.133. The summed E-state index contributed by atoms with van der Waals surface area (Å²) in [5.74, 6) is -1.19. The summed E-state index contributed by atoms with van der Waals surface area (Å²) >= 11 is 0.